The van der Waals surface area contributed by atoms with Crippen molar-refractivity contribution in [1.29, 1.82) is 0 Å². The second-order valence-corrected chi connectivity index (χ2v) is 9.08. The number of benzene rings is 2. The molecule has 1 fully saturated rings. The Bertz CT molecular complexity index is 1050. The molecule has 1 atom stereocenters. The number of nitrogens with one attached hydrogen (secondary N) is 1. The van der Waals surface area contributed by atoms with Crippen LogP contribution < -0.4 is 10.1 Å². The van der Waals surface area contributed by atoms with E-state index in [0.29, 0.717) is 29.1 Å². The van der Waals surface area contributed by atoms with E-state index in [0.717, 1.165) is 12.1 Å². The van der Waals surface area contributed by atoms with Gasteiger partial charge >= 0.3 is 12.4 Å². The zero-order valence-corrected chi connectivity index (χ0v) is 18.5. The number of rotatable bonds is 4. The number of halogens is 7. The van der Waals surface area contributed by atoms with E-state index in [1.54, 1.807) is 0 Å². The van der Waals surface area contributed by atoms with Crippen molar-refractivity contribution in [3.05, 3.63) is 58.6 Å². The molecule has 0 aromatic heterocycles. The van der Waals surface area contributed by atoms with Crippen molar-refractivity contribution < 1.29 is 35.9 Å². The quantitative estimate of drug-likeness (QED) is 0.514. The van der Waals surface area contributed by atoms with Gasteiger partial charge in [0.05, 0.1) is 24.6 Å². The van der Waals surface area contributed by atoms with Crippen LogP contribution in [0.25, 0.3) is 0 Å². The van der Waals surface area contributed by atoms with E-state index in [1.165, 1.54) is 35.2 Å². The van der Waals surface area contributed by atoms with Crippen molar-refractivity contribution >= 4 is 23.2 Å². The standard InChI is InChI=1S/C23H21ClF6N2O2/c24-15-2-4-16(5-3-15)31-20(33)18(12-22(25,26)27)32-9-7-21(8-10-32)13-34-19-11-14(23(28,29)30)1-6-17(19)21/h1-6,11,18H,7-10,12-13H2,(H,31,33). The van der Waals surface area contributed by atoms with Crippen LogP contribution in [0.2, 0.25) is 5.02 Å². The Kier molecular flexibility index (Phi) is 6.50. The number of alkyl halides is 6. The minimum atomic E-state index is -4.56. The summed E-state index contributed by atoms with van der Waals surface area (Å²) >= 11 is 5.81. The molecule has 0 saturated carbocycles. The van der Waals surface area contributed by atoms with Crippen LogP contribution in [0.3, 0.4) is 0 Å². The van der Waals surface area contributed by atoms with Gasteiger partial charge in [-0.3, -0.25) is 9.69 Å². The van der Waals surface area contributed by atoms with Crippen molar-refractivity contribution in [3.8, 4) is 5.75 Å². The molecule has 2 aromatic carbocycles. The minimum absolute atomic E-state index is 0.149. The van der Waals surface area contributed by atoms with E-state index >= 15 is 0 Å². The number of carbonyl (C=O) groups excluding carboxylic acids is 1. The van der Waals surface area contributed by atoms with Gasteiger partial charge in [0, 0.05) is 21.7 Å². The second-order valence-electron chi connectivity index (χ2n) is 8.64. The first-order valence-corrected chi connectivity index (χ1v) is 11.0. The van der Waals surface area contributed by atoms with Gasteiger partial charge < -0.3 is 10.1 Å². The summed E-state index contributed by atoms with van der Waals surface area (Å²) in [5.74, 6) is -0.635. The van der Waals surface area contributed by atoms with Gasteiger partial charge in [-0.25, -0.2) is 0 Å². The fraction of sp³-hybridized carbons (Fsp3) is 0.435. The normalized spacial score (nSPS) is 18.9. The molecular formula is C23H21ClF6N2O2. The van der Waals surface area contributed by atoms with Crippen LogP contribution in [0.4, 0.5) is 32.0 Å². The van der Waals surface area contributed by atoms with Crippen molar-refractivity contribution in [2.75, 3.05) is 25.0 Å². The largest absolute Gasteiger partial charge is 0.492 e. The number of ether oxygens (including phenoxy) is 1. The molecule has 1 N–H and O–H groups in total. The molecule has 1 amide bonds. The molecular weight excluding hydrogens is 486 g/mol. The Hall–Kier alpha value is -2.46. The van der Waals surface area contributed by atoms with Gasteiger partial charge in [-0.2, -0.15) is 26.3 Å². The summed E-state index contributed by atoms with van der Waals surface area (Å²) in [5.41, 5.74) is -0.456. The molecule has 11 heteroatoms. The molecule has 4 rings (SSSR count). The number of likely N-dealkylation sites (tertiary alicyclic amines) is 1. The van der Waals surface area contributed by atoms with E-state index in [2.05, 4.69) is 5.32 Å². The molecule has 34 heavy (non-hydrogen) atoms. The summed E-state index contributed by atoms with van der Waals surface area (Å²) in [5, 5.41) is 2.94. The van der Waals surface area contributed by atoms with E-state index in [-0.39, 0.29) is 25.4 Å². The summed E-state index contributed by atoms with van der Waals surface area (Å²) < 4.78 is 84.5. The van der Waals surface area contributed by atoms with Crippen LogP contribution >= 0.6 is 11.6 Å². The molecule has 0 bridgehead atoms. The lowest BCUT2D eigenvalue weighted by Crippen LogP contribution is -2.52. The maximum Gasteiger partial charge on any atom is 0.416 e. The molecule has 0 radical (unpaired) electrons. The lowest BCUT2D eigenvalue weighted by Gasteiger charge is -2.41. The van der Waals surface area contributed by atoms with E-state index in [9.17, 15) is 31.1 Å². The highest BCUT2D eigenvalue weighted by Gasteiger charge is 2.47. The number of amides is 1. The second kappa shape index (κ2) is 8.96. The van der Waals surface area contributed by atoms with E-state index in [4.69, 9.17) is 16.3 Å². The molecule has 4 nitrogen and oxygen atoms in total. The van der Waals surface area contributed by atoms with Gasteiger partial charge in [0.1, 0.15) is 5.75 Å². The fourth-order valence-corrected chi connectivity index (χ4v) is 4.72. The number of hydrogen-bond donors (Lipinski definition) is 1. The molecule has 1 spiro atoms. The SMILES string of the molecule is O=C(Nc1ccc(Cl)cc1)C(CC(F)(F)F)N1CCC2(CC1)COc1cc(C(F)(F)F)ccc12. The third kappa shape index (κ3) is 5.27. The van der Waals surface area contributed by atoms with E-state index in [1.807, 2.05) is 0 Å². The Morgan fingerprint density at radius 3 is 2.29 bits per heavy atom. The van der Waals surface area contributed by atoms with Gasteiger partial charge in [0.15, 0.2) is 0 Å². The molecule has 2 aliphatic heterocycles. The van der Waals surface area contributed by atoms with Crippen LogP contribution in [0, 0.1) is 0 Å². The first-order valence-electron chi connectivity index (χ1n) is 10.6. The molecule has 2 aromatic rings. The fourth-order valence-electron chi connectivity index (χ4n) is 4.59. The van der Waals surface area contributed by atoms with Gasteiger partial charge in [0.2, 0.25) is 5.91 Å². The summed E-state index contributed by atoms with van der Waals surface area (Å²) in [6, 6.07) is 7.93. The van der Waals surface area contributed by atoms with Crippen molar-refractivity contribution in [2.24, 2.45) is 0 Å². The van der Waals surface area contributed by atoms with Gasteiger partial charge in [0.25, 0.3) is 0 Å². The highest BCUT2D eigenvalue weighted by Crippen LogP contribution is 2.47. The maximum atomic E-state index is 13.3. The zero-order valence-electron chi connectivity index (χ0n) is 17.8. The summed E-state index contributed by atoms with van der Waals surface area (Å²) in [7, 11) is 0. The number of carbonyl (C=O) groups is 1. The molecule has 1 unspecified atom stereocenters. The Labute approximate surface area is 196 Å². The van der Waals surface area contributed by atoms with Gasteiger partial charge in [-0.05, 0) is 62.3 Å². The van der Waals surface area contributed by atoms with Crippen LogP contribution in [0.5, 0.6) is 5.75 Å². The smallest absolute Gasteiger partial charge is 0.416 e. The number of piperidine rings is 1. The number of fused-ring (bicyclic) bond motifs is 2. The Morgan fingerprint density at radius 1 is 1.06 bits per heavy atom. The Balaban J connectivity index is 1.49. The third-order valence-corrected chi connectivity index (χ3v) is 6.67. The summed E-state index contributed by atoms with van der Waals surface area (Å²) in [6.45, 7) is 0.482. The first kappa shape index (κ1) is 24.7. The summed E-state index contributed by atoms with van der Waals surface area (Å²) in [6.07, 6.45) is -9.67. The Morgan fingerprint density at radius 2 is 1.71 bits per heavy atom. The average molecular weight is 507 g/mol. The summed E-state index contributed by atoms with van der Waals surface area (Å²) in [4.78, 5) is 14.3. The third-order valence-electron chi connectivity index (χ3n) is 6.42. The molecule has 1 saturated heterocycles. The van der Waals surface area contributed by atoms with Crippen molar-refractivity contribution in [2.45, 2.75) is 43.1 Å². The first-order chi connectivity index (χ1) is 15.9. The number of nitrogens with zero attached hydrogens (tertiary/aromatic N) is 1. The van der Waals surface area contributed by atoms with Crippen LogP contribution in [-0.2, 0) is 16.4 Å². The van der Waals surface area contributed by atoms with Crippen molar-refractivity contribution in [3.63, 3.8) is 0 Å². The van der Waals surface area contributed by atoms with Gasteiger partial charge in [-0.15, -0.1) is 0 Å². The van der Waals surface area contributed by atoms with Crippen LogP contribution in [-0.4, -0.2) is 42.7 Å². The highest BCUT2D eigenvalue weighted by atomic mass is 35.5. The molecule has 2 aliphatic rings. The lowest BCUT2D eigenvalue weighted by molar-refractivity contribution is -0.156. The highest BCUT2D eigenvalue weighted by molar-refractivity contribution is 6.30. The maximum absolute atomic E-state index is 13.3. The van der Waals surface area contributed by atoms with E-state index < -0.39 is 41.7 Å². The topological polar surface area (TPSA) is 41.6 Å². The lowest BCUT2D eigenvalue weighted by atomic mass is 9.74. The molecule has 2 heterocycles. The van der Waals surface area contributed by atoms with Crippen LogP contribution in [0.1, 0.15) is 30.4 Å². The molecule has 0 aliphatic carbocycles. The predicted octanol–water partition coefficient (Wildman–Crippen LogP) is 6.04. The predicted molar refractivity (Wildman–Crippen MR) is 114 cm³/mol. The zero-order chi connectivity index (χ0) is 24.7. The number of anilines is 1. The minimum Gasteiger partial charge on any atom is -0.492 e. The van der Waals surface area contributed by atoms with Gasteiger partial charge in [-0.1, -0.05) is 17.7 Å². The average Bonchev–Trinajstić information content (AvgIpc) is 3.11. The van der Waals surface area contributed by atoms with Crippen molar-refractivity contribution in [1.82, 2.24) is 4.90 Å². The number of hydrogen-bond acceptors (Lipinski definition) is 3. The molecule has 184 valence electrons. The monoisotopic (exact) mass is 506 g/mol. The van der Waals surface area contributed by atoms with Crippen LogP contribution in [0.15, 0.2) is 42.5 Å².